The molecule has 2 aliphatic carbocycles. The molecular weight excluding hydrogens is 316 g/mol. The van der Waals surface area contributed by atoms with E-state index >= 15 is 0 Å². The minimum Gasteiger partial charge on any atom is -0.396 e. The third-order valence-electron chi connectivity index (χ3n) is 5.83. The Hall–Kier alpha value is -1.88. The van der Waals surface area contributed by atoms with Gasteiger partial charge < -0.3 is 15.7 Å². The molecule has 2 fully saturated rings. The maximum Gasteiger partial charge on any atom is 0.239 e. The Bertz CT molecular complexity index is 614. The molecule has 4 atom stereocenters. The second kappa shape index (κ2) is 8.00. The number of aliphatic hydroxyl groups is 1. The van der Waals surface area contributed by atoms with Crippen LogP contribution in [0.5, 0.6) is 0 Å². The first-order valence-corrected chi connectivity index (χ1v) is 9.29. The number of rotatable bonds is 7. The summed E-state index contributed by atoms with van der Waals surface area (Å²) >= 11 is 0. The van der Waals surface area contributed by atoms with E-state index in [0.717, 1.165) is 24.8 Å². The van der Waals surface area contributed by atoms with Crippen LogP contribution in [0.1, 0.15) is 36.8 Å². The number of nitrogens with one attached hydrogen (secondary N) is 2. The lowest BCUT2D eigenvalue weighted by atomic mass is 9.85. The first kappa shape index (κ1) is 17.9. The fourth-order valence-electron chi connectivity index (χ4n) is 4.41. The summed E-state index contributed by atoms with van der Waals surface area (Å²) in [5.74, 6) is 0.953. The summed E-state index contributed by atoms with van der Waals surface area (Å²) in [6.07, 6.45) is 4.46. The highest BCUT2D eigenvalue weighted by Gasteiger charge is 2.47. The highest BCUT2D eigenvalue weighted by Crippen LogP contribution is 2.48. The molecule has 1 aromatic carbocycles. The summed E-state index contributed by atoms with van der Waals surface area (Å²) in [5.41, 5.74) is 2.32. The van der Waals surface area contributed by atoms with Gasteiger partial charge >= 0.3 is 0 Å². The molecule has 0 aromatic heterocycles. The van der Waals surface area contributed by atoms with Gasteiger partial charge in [-0.2, -0.15) is 0 Å². The Kier molecular flexibility index (Phi) is 5.74. The predicted molar refractivity (Wildman–Crippen MR) is 95.8 cm³/mol. The zero-order chi connectivity index (χ0) is 17.8. The van der Waals surface area contributed by atoms with E-state index in [2.05, 4.69) is 10.6 Å². The lowest BCUT2D eigenvalue weighted by Crippen LogP contribution is -2.48. The van der Waals surface area contributed by atoms with E-state index in [1.165, 1.54) is 5.56 Å². The number of hydrogen-bond donors (Lipinski definition) is 3. The van der Waals surface area contributed by atoms with E-state index in [1.807, 2.05) is 31.2 Å². The Morgan fingerprint density at radius 3 is 2.56 bits per heavy atom. The average Bonchev–Trinajstić information content (AvgIpc) is 3.21. The van der Waals surface area contributed by atoms with Gasteiger partial charge in [0.1, 0.15) is 0 Å². The molecule has 3 N–H and O–H groups in total. The van der Waals surface area contributed by atoms with Crippen molar-refractivity contribution >= 4 is 11.8 Å². The fraction of sp³-hybridized carbons (Fsp3) is 0.600. The lowest BCUT2D eigenvalue weighted by molar-refractivity contribution is -0.126. The van der Waals surface area contributed by atoms with Crippen LogP contribution in [-0.2, 0) is 16.0 Å². The molecule has 0 radical (unpaired) electrons. The van der Waals surface area contributed by atoms with Gasteiger partial charge in [0.05, 0.1) is 6.54 Å². The maximum atomic E-state index is 12.1. The molecule has 136 valence electrons. The maximum absolute atomic E-state index is 12.1. The highest BCUT2D eigenvalue weighted by molar-refractivity contribution is 5.84. The molecule has 0 spiro atoms. The van der Waals surface area contributed by atoms with Crippen LogP contribution in [0, 0.1) is 24.7 Å². The van der Waals surface area contributed by atoms with Crippen LogP contribution in [-0.4, -0.2) is 36.1 Å². The minimum atomic E-state index is -0.153. The molecule has 5 heteroatoms. The van der Waals surface area contributed by atoms with Gasteiger partial charge in [0.25, 0.3) is 0 Å². The predicted octanol–water partition coefficient (Wildman–Crippen LogP) is 1.57. The van der Waals surface area contributed by atoms with Crippen LogP contribution < -0.4 is 10.6 Å². The number of amides is 2. The molecule has 0 heterocycles. The van der Waals surface area contributed by atoms with Crippen LogP contribution in [0.25, 0.3) is 0 Å². The monoisotopic (exact) mass is 344 g/mol. The first-order chi connectivity index (χ1) is 12.1. The van der Waals surface area contributed by atoms with Crippen molar-refractivity contribution < 1.29 is 14.7 Å². The Morgan fingerprint density at radius 1 is 1.12 bits per heavy atom. The number of aryl methyl sites for hydroxylation is 2. The zero-order valence-corrected chi connectivity index (χ0v) is 14.8. The van der Waals surface area contributed by atoms with Crippen molar-refractivity contribution in [1.29, 1.82) is 0 Å². The van der Waals surface area contributed by atoms with Gasteiger partial charge in [-0.05, 0) is 50.0 Å². The normalized spacial score (nSPS) is 27.3. The molecular formula is C20H28N2O3. The molecule has 3 rings (SSSR count). The van der Waals surface area contributed by atoms with Gasteiger partial charge in [-0.25, -0.2) is 0 Å². The van der Waals surface area contributed by atoms with Crippen molar-refractivity contribution in [3.05, 3.63) is 35.4 Å². The van der Waals surface area contributed by atoms with Crippen LogP contribution in [0.3, 0.4) is 0 Å². The highest BCUT2D eigenvalue weighted by atomic mass is 16.3. The van der Waals surface area contributed by atoms with Gasteiger partial charge in [0.2, 0.25) is 11.8 Å². The van der Waals surface area contributed by atoms with Gasteiger partial charge in [-0.1, -0.05) is 29.8 Å². The smallest absolute Gasteiger partial charge is 0.239 e. The third kappa shape index (κ3) is 4.40. The van der Waals surface area contributed by atoms with Crippen LogP contribution in [0.15, 0.2) is 24.3 Å². The first-order valence-electron chi connectivity index (χ1n) is 9.29. The van der Waals surface area contributed by atoms with Gasteiger partial charge in [-0.15, -0.1) is 0 Å². The summed E-state index contributed by atoms with van der Waals surface area (Å²) in [6, 6.07) is 8.20. The van der Waals surface area contributed by atoms with Gasteiger partial charge in [-0.3, -0.25) is 9.59 Å². The number of carbonyl (C=O) groups is 2. The van der Waals surface area contributed by atoms with Crippen molar-refractivity contribution in [2.75, 3.05) is 13.2 Å². The second-order valence-electron chi connectivity index (χ2n) is 7.54. The Labute approximate surface area is 149 Å². The minimum absolute atomic E-state index is 0.0127. The summed E-state index contributed by atoms with van der Waals surface area (Å²) in [4.78, 5) is 24.1. The van der Waals surface area contributed by atoms with Crippen molar-refractivity contribution in [3.63, 3.8) is 0 Å². The SMILES string of the molecule is Cc1ccc(CCC(=O)NCC(=O)NC2C3CCC(C3)C2CO)cc1. The third-order valence-corrected chi connectivity index (χ3v) is 5.83. The number of aliphatic hydroxyl groups excluding tert-OH is 1. The number of hydrogen-bond acceptors (Lipinski definition) is 3. The van der Waals surface area contributed by atoms with Gasteiger partial charge in [0.15, 0.2) is 0 Å². The van der Waals surface area contributed by atoms with E-state index in [4.69, 9.17) is 0 Å². The summed E-state index contributed by atoms with van der Waals surface area (Å²) < 4.78 is 0. The molecule has 1 aromatic rings. The van der Waals surface area contributed by atoms with E-state index < -0.39 is 0 Å². The van der Waals surface area contributed by atoms with Gasteiger partial charge in [0, 0.05) is 25.0 Å². The molecule has 4 unspecified atom stereocenters. The second-order valence-corrected chi connectivity index (χ2v) is 7.54. The largest absolute Gasteiger partial charge is 0.396 e. The van der Waals surface area contributed by atoms with E-state index in [0.29, 0.717) is 24.7 Å². The standard InChI is InChI=1S/C20H28N2O3/c1-13-2-4-14(5-3-13)6-9-18(24)21-11-19(25)22-20-16-8-7-15(10-16)17(20)12-23/h2-5,15-17,20,23H,6-12H2,1H3,(H,21,24)(H,22,25). The Balaban J connectivity index is 1.38. The summed E-state index contributed by atoms with van der Waals surface area (Å²) in [5, 5.41) is 15.3. The fourth-order valence-corrected chi connectivity index (χ4v) is 4.41. The van der Waals surface area contributed by atoms with Crippen LogP contribution >= 0.6 is 0 Å². The average molecular weight is 344 g/mol. The zero-order valence-electron chi connectivity index (χ0n) is 14.8. The van der Waals surface area contributed by atoms with E-state index in [9.17, 15) is 14.7 Å². The molecule has 5 nitrogen and oxygen atoms in total. The molecule has 25 heavy (non-hydrogen) atoms. The number of carbonyl (C=O) groups excluding carboxylic acids is 2. The molecule has 2 amide bonds. The summed E-state index contributed by atoms with van der Waals surface area (Å²) in [7, 11) is 0. The molecule has 2 bridgehead atoms. The Morgan fingerprint density at radius 2 is 1.84 bits per heavy atom. The number of benzene rings is 1. The quantitative estimate of drug-likeness (QED) is 0.702. The molecule has 0 saturated heterocycles. The van der Waals surface area contributed by atoms with E-state index in [-0.39, 0.29) is 36.9 Å². The molecule has 2 aliphatic rings. The van der Waals surface area contributed by atoms with Crippen molar-refractivity contribution in [2.45, 2.75) is 45.1 Å². The van der Waals surface area contributed by atoms with Crippen molar-refractivity contribution in [2.24, 2.45) is 17.8 Å². The summed E-state index contributed by atoms with van der Waals surface area (Å²) in [6.45, 7) is 2.18. The molecule has 2 saturated carbocycles. The van der Waals surface area contributed by atoms with Crippen LogP contribution in [0.2, 0.25) is 0 Å². The van der Waals surface area contributed by atoms with Crippen molar-refractivity contribution in [3.8, 4) is 0 Å². The lowest BCUT2D eigenvalue weighted by Gasteiger charge is -2.30. The number of fused-ring (bicyclic) bond motifs is 2. The molecule has 0 aliphatic heterocycles. The van der Waals surface area contributed by atoms with Crippen LogP contribution in [0.4, 0.5) is 0 Å². The van der Waals surface area contributed by atoms with Crippen molar-refractivity contribution in [1.82, 2.24) is 10.6 Å². The van der Waals surface area contributed by atoms with E-state index in [1.54, 1.807) is 0 Å². The topological polar surface area (TPSA) is 78.4 Å².